The third-order valence-electron chi connectivity index (χ3n) is 3.78. The molecule has 98 valence electrons. The first-order chi connectivity index (χ1) is 8.66. The summed E-state index contributed by atoms with van der Waals surface area (Å²) in [5.41, 5.74) is 3.97. The van der Waals surface area contributed by atoms with Crippen LogP contribution < -0.4 is 0 Å². The average Bonchev–Trinajstić information content (AvgIpc) is 2.76. The SMILES string of the molecule is C=C(C)/C=C(\C)C/C=C\C1=CCCC2CCCN12. The van der Waals surface area contributed by atoms with Crippen molar-refractivity contribution >= 4 is 0 Å². The molecule has 1 unspecified atom stereocenters. The van der Waals surface area contributed by atoms with Gasteiger partial charge in [-0.05, 0) is 52.0 Å². The van der Waals surface area contributed by atoms with Crippen molar-refractivity contribution < 1.29 is 0 Å². The fourth-order valence-corrected chi connectivity index (χ4v) is 3.03. The molecule has 0 aromatic heterocycles. The van der Waals surface area contributed by atoms with Gasteiger partial charge in [-0.2, -0.15) is 0 Å². The minimum absolute atomic E-state index is 0.821. The van der Waals surface area contributed by atoms with Crippen molar-refractivity contribution in [2.45, 2.75) is 52.0 Å². The minimum atomic E-state index is 0.821. The van der Waals surface area contributed by atoms with Gasteiger partial charge in [0.2, 0.25) is 0 Å². The lowest BCUT2D eigenvalue weighted by atomic mass is 10.0. The molecule has 1 saturated heterocycles. The first kappa shape index (κ1) is 13.2. The molecule has 2 aliphatic heterocycles. The predicted molar refractivity (Wildman–Crippen MR) is 79.4 cm³/mol. The van der Waals surface area contributed by atoms with Gasteiger partial charge < -0.3 is 4.90 Å². The molecule has 0 aromatic carbocycles. The highest BCUT2D eigenvalue weighted by molar-refractivity contribution is 5.25. The molecular formula is C17H25N. The Balaban J connectivity index is 1.92. The van der Waals surface area contributed by atoms with Crippen LogP contribution in [-0.4, -0.2) is 17.5 Å². The van der Waals surface area contributed by atoms with E-state index >= 15 is 0 Å². The molecule has 0 radical (unpaired) electrons. The Morgan fingerprint density at radius 1 is 1.44 bits per heavy atom. The Hall–Kier alpha value is -1.24. The van der Waals surface area contributed by atoms with E-state index in [0.29, 0.717) is 0 Å². The minimum Gasteiger partial charge on any atom is -0.369 e. The van der Waals surface area contributed by atoms with Gasteiger partial charge in [0, 0.05) is 18.3 Å². The smallest absolute Gasteiger partial charge is 0.0325 e. The van der Waals surface area contributed by atoms with E-state index in [1.165, 1.54) is 43.5 Å². The second-order valence-electron chi connectivity index (χ2n) is 5.64. The summed E-state index contributed by atoms with van der Waals surface area (Å²) in [7, 11) is 0. The zero-order valence-electron chi connectivity index (χ0n) is 11.8. The van der Waals surface area contributed by atoms with Crippen molar-refractivity contribution in [3.8, 4) is 0 Å². The first-order valence-corrected chi connectivity index (χ1v) is 7.13. The Kier molecular flexibility index (Phi) is 4.46. The quantitative estimate of drug-likeness (QED) is 0.652. The molecule has 18 heavy (non-hydrogen) atoms. The molecule has 1 nitrogen and oxygen atoms in total. The Morgan fingerprint density at radius 2 is 2.28 bits per heavy atom. The van der Waals surface area contributed by atoms with Crippen LogP contribution in [0.3, 0.4) is 0 Å². The normalized spacial score (nSPS) is 24.3. The lowest BCUT2D eigenvalue weighted by Gasteiger charge is -2.31. The van der Waals surface area contributed by atoms with Crippen molar-refractivity contribution in [3.63, 3.8) is 0 Å². The molecule has 2 aliphatic rings. The number of fused-ring (bicyclic) bond motifs is 1. The molecule has 1 fully saturated rings. The van der Waals surface area contributed by atoms with E-state index in [2.05, 4.69) is 42.7 Å². The summed E-state index contributed by atoms with van der Waals surface area (Å²) in [6.07, 6.45) is 15.6. The van der Waals surface area contributed by atoms with Crippen LogP contribution in [-0.2, 0) is 0 Å². The maximum atomic E-state index is 3.92. The van der Waals surface area contributed by atoms with Gasteiger partial charge in [-0.1, -0.05) is 36.0 Å². The second-order valence-corrected chi connectivity index (χ2v) is 5.64. The number of hydrogen-bond donors (Lipinski definition) is 0. The molecule has 2 rings (SSSR count). The van der Waals surface area contributed by atoms with Crippen LogP contribution in [0, 0.1) is 0 Å². The highest BCUT2D eigenvalue weighted by atomic mass is 15.2. The van der Waals surface area contributed by atoms with Crippen molar-refractivity contribution in [2.75, 3.05) is 6.54 Å². The molecule has 0 aromatic rings. The Bertz CT molecular complexity index is 398. The molecule has 0 N–H and O–H groups in total. The van der Waals surface area contributed by atoms with Gasteiger partial charge in [0.25, 0.3) is 0 Å². The van der Waals surface area contributed by atoms with Gasteiger partial charge in [-0.3, -0.25) is 0 Å². The highest BCUT2D eigenvalue weighted by Gasteiger charge is 2.26. The van der Waals surface area contributed by atoms with Crippen LogP contribution in [0.25, 0.3) is 0 Å². The molecule has 0 aliphatic carbocycles. The summed E-state index contributed by atoms with van der Waals surface area (Å²) in [5, 5.41) is 0. The number of allylic oxidation sites excluding steroid dienone is 6. The predicted octanol–water partition coefficient (Wildman–Crippen LogP) is 4.60. The summed E-state index contributed by atoms with van der Waals surface area (Å²) in [6, 6.07) is 0.821. The monoisotopic (exact) mass is 243 g/mol. The summed E-state index contributed by atoms with van der Waals surface area (Å²) < 4.78 is 0. The van der Waals surface area contributed by atoms with Gasteiger partial charge in [0.1, 0.15) is 0 Å². The third-order valence-corrected chi connectivity index (χ3v) is 3.78. The lowest BCUT2D eigenvalue weighted by molar-refractivity contribution is 0.298. The van der Waals surface area contributed by atoms with Crippen molar-refractivity contribution in [1.29, 1.82) is 0 Å². The molecule has 0 spiro atoms. The average molecular weight is 243 g/mol. The Labute approximate surface area is 112 Å². The zero-order valence-corrected chi connectivity index (χ0v) is 11.8. The molecule has 0 amide bonds. The van der Waals surface area contributed by atoms with E-state index in [-0.39, 0.29) is 0 Å². The summed E-state index contributed by atoms with van der Waals surface area (Å²) >= 11 is 0. The van der Waals surface area contributed by atoms with E-state index in [1.807, 2.05) is 6.92 Å². The van der Waals surface area contributed by atoms with Gasteiger partial charge in [0.15, 0.2) is 0 Å². The van der Waals surface area contributed by atoms with E-state index in [1.54, 1.807) is 0 Å². The molecule has 2 heterocycles. The second kappa shape index (κ2) is 6.08. The zero-order chi connectivity index (χ0) is 13.0. The van der Waals surface area contributed by atoms with E-state index in [0.717, 1.165) is 18.0 Å². The van der Waals surface area contributed by atoms with Gasteiger partial charge >= 0.3 is 0 Å². The topological polar surface area (TPSA) is 3.24 Å². The van der Waals surface area contributed by atoms with Crippen molar-refractivity contribution in [3.05, 3.63) is 47.7 Å². The van der Waals surface area contributed by atoms with E-state index in [4.69, 9.17) is 0 Å². The largest absolute Gasteiger partial charge is 0.369 e. The third kappa shape index (κ3) is 3.38. The van der Waals surface area contributed by atoms with E-state index in [9.17, 15) is 0 Å². The molecule has 0 bridgehead atoms. The standard InChI is InChI=1S/C17H25N/c1-14(2)13-15(3)7-4-8-16-9-5-10-17-11-6-12-18(16)17/h4,8-9,13,17H,1,5-7,10-12H2,2-3H3/b8-4-,15-13+. The number of rotatable bonds is 4. The van der Waals surface area contributed by atoms with Crippen LogP contribution in [0.1, 0.15) is 46.0 Å². The summed E-state index contributed by atoms with van der Waals surface area (Å²) in [6.45, 7) is 9.39. The maximum absolute atomic E-state index is 3.92. The summed E-state index contributed by atoms with van der Waals surface area (Å²) in [4.78, 5) is 2.60. The van der Waals surface area contributed by atoms with Crippen LogP contribution in [0.2, 0.25) is 0 Å². The fraction of sp³-hybridized carbons (Fsp3) is 0.529. The van der Waals surface area contributed by atoms with Gasteiger partial charge in [0.05, 0.1) is 0 Å². The molecule has 1 heteroatoms. The maximum Gasteiger partial charge on any atom is 0.0325 e. The number of nitrogens with zero attached hydrogens (tertiary/aromatic N) is 1. The van der Waals surface area contributed by atoms with Gasteiger partial charge in [-0.25, -0.2) is 0 Å². The fourth-order valence-electron chi connectivity index (χ4n) is 3.03. The molecular weight excluding hydrogens is 218 g/mol. The molecule has 0 saturated carbocycles. The highest BCUT2D eigenvalue weighted by Crippen LogP contribution is 2.30. The van der Waals surface area contributed by atoms with Crippen LogP contribution in [0.5, 0.6) is 0 Å². The lowest BCUT2D eigenvalue weighted by Crippen LogP contribution is -2.30. The number of hydrogen-bond acceptors (Lipinski definition) is 1. The summed E-state index contributed by atoms with van der Waals surface area (Å²) in [5.74, 6) is 0. The van der Waals surface area contributed by atoms with Gasteiger partial charge in [-0.15, -0.1) is 0 Å². The van der Waals surface area contributed by atoms with Crippen molar-refractivity contribution in [2.24, 2.45) is 0 Å². The van der Waals surface area contributed by atoms with Crippen LogP contribution in [0.15, 0.2) is 47.7 Å². The Morgan fingerprint density at radius 3 is 3.06 bits per heavy atom. The van der Waals surface area contributed by atoms with Crippen LogP contribution in [0.4, 0.5) is 0 Å². The van der Waals surface area contributed by atoms with Crippen molar-refractivity contribution in [1.82, 2.24) is 4.90 Å². The van der Waals surface area contributed by atoms with Crippen LogP contribution >= 0.6 is 0 Å². The molecule has 1 atom stereocenters. The first-order valence-electron chi connectivity index (χ1n) is 7.13. The van der Waals surface area contributed by atoms with E-state index < -0.39 is 0 Å².